The molecule has 260 valence electrons. The number of nitrogens with zero attached hydrogens (tertiary/aromatic N) is 6. The molecular weight excluding hydrogens is 691 g/mol. The first kappa shape index (κ1) is 35.4. The number of hydrogen-bond donors (Lipinski definition) is 0. The summed E-state index contributed by atoms with van der Waals surface area (Å²) in [6.07, 6.45) is 1.01. The highest BCUT2D eigenvalue weighted by Crippen LogP contribution is 2.74. The monoisotopic (exact) mass is 738 g/mol. The van der Waals surface area contributed by atoms with Crippen molar-refractivity contribution in [2.24, 2.45) is 9.98 Å². The maximum atomic E-state index is 7.34. The molecular formula is C40H48N6P2S2. The third-order valence-corrected chi connectivity index (χ3v) is 19.5. The number of hydrogen-bond acceptors (Lipinski definition) is 4. The first-order chi connectivity index (χ1) is 24.2. The molecule has 0 N–H and O–H groups in total. The molecule has 0 saturated carbocycles. The number of piperidine rings is 2. The number of benzene rings is 4. The third kappa shape index (κ3) is 6.84. The van der Waals surface area contributed by atoms with Gasteiger partial charge in [-0.1, -0.05) is 83.6 Å². The Bertz CT molecular complexity index is 1820. The molecule has 10 heteroatoms. The van der Waals surface area contributed by atoms with Crippen LogP contribution in [0.3, 0.4) is 0 Å². The molecule has 50 heavy (non-hydrogen) atoms. The Labute approximate surface area is 309 Å². The zero-order valence-corrected chi connectivity index (χ0v) is 33.1. The fraction of sp³-hybridized carbons (Fsp3) is 0.350. The highest BCUT2D eigenvalue weighted by molar-refractivity contribution is 8.30. The molecule has 3 fully saturated rings. The summed E-state index contributed by atoms with van der Waals surface area (Å²) < 4.78 is 10.1. The zero-order chi connectivity index (χ0) is 34.9. The van der Waals surface area contributed by atoms with Gasteiger partial charge in [-0.25, -0.2) is 9.98 Å². The fourth-order valence-corrected chi connectivity index (χ4v) is 17.8. The second-order valence-corrected chi connectivity index (χ2v) is 21.9. The lowest BCUT2D eigenvalue weighted by atomic mass is 10.2. The summed E-state index contributed by atoms with van der Waals surface area (Å²) in [7, 11) is 0. The number of amidine groups is 2. The van der Waals surface area contributed by atoms with Crippen molar-refractivity contribution in [2.75, 3.05) is 35.5 Å². The summed E-state index contributed by atoms with van der Waals surface area (Å²) in [6, 6.07) is 34.8. The molecule has 3 aliphatic rings. The van der Waals surface area contributed by atoms with Gasteiger partial charge >= 0.3 is 0 Å². The summed E-state index contributed by atoms with van der Waals surface area (Å²) in [6.45, 7) is 12.2. The minimum atomic E-state index is -2.91. The van der Waals surface area contributed by atoms with E-state index in [1.165, 1.54) is 35.1 Å². The molecule has 3 saturated heterocycles. The summed E-state index contributed by atoms with van der Waals surface area (Å²) in [5.41, 5.74) is 10.5. The van der Waals surface area contributed by atoms with Gasteiger partial charge in [0.2, 0.25) is 0 Å². The number of aryl methyl sites for hydroxylation is 4. The third-order valence-electron chi connectivity index (χ3n) is 9.96. The Hall–Kier alpha value is -2.96. The Kier molecular flexibility index (Phi) is 10.6. The molecule has 0 amide bonds. The Morgan fingerprint density at radius 2 is 0.700 bits per heavy atom. The van der Waals surface area contributed by atoms with Crippen LogP contribution in [-0.2, 0) is 23.6 Å². The molecule has 3 aliphatic heterocycles. The van der Waals surface area contributed by atoms with E-state index in [9.17, 15) is 0 Å². The van der Waals surface area contributed by atoms with E-state index in [4.69, 9.17) is 33.6 Å². The minimum absolute atomic E-state index is 0.900. The molecule has 0 bridgehead atoms. The van der Waals surface area contributed by atoms with Crippen molar-refractivity contribution >= 4 is 70.2 Å². The molecule has 0 radical (unpaired) electrons. The van der Waals surface area contributed by atoms with Crippen LogP contribution in [0.4, 0.5) is 22.7 Å². The van der Waals surface area contributed by atoms with Crippen LogP contribution in [0, 0.1) is 27.7 Å². The van der Waals surface area contributed by atoms with Gasteiger partial charge in [0.15, 0.2) is 23.8 Å². The molecule has 3 heterocycles. The lowest BCUT2D eigenvalue weighted by molar-refractivity contribution is 0.368. The van der Waals surface area contributed by atoms with E-state index in [1.54, 1.807) is 0 Å². The first-order valence-corrected chi connectivity index (χ1v) is 23.4. The standard InChI is InChI=1S/C40H48N6P2S2/c1-31-11-19-35(20-12-31)41-39-45(37-23-15-33(3)16-24-37)48(50,44-29-9-6-10-30-44)40(42-36-21-13-32(2)14-22-36)46(38-25-17-34(4)18-26-38)47(39,49)43-27-7-5-8-28-43/h11-26H,5-10,27-30H2,1-4H3. The maximum Gasteiger partial charge on any atom is 0.183 e. The topological polar surface area (TPSA) is 37.7 Å². The molecule has 0 aliphatic carbocycles. The quantitative estimate of drug-likeness (QED) is 0.183. The Morgan fingerprint density at radius 3 is 1.00 bits per heavy atom. The van der Waals surface area contributed by atoms with E-state index >= 15 is 0 Å². The lowest BCUT2D eigenvalue weighted by Gasteiger charge is -2.58. The van der Waals surface area contributed by atoms with Crippen molar-refractivity contribution in [1.29, 1.82) is 0 Å². The van der Waals surface area contributed by atoms with Crippen molar-refractivity contribution in [3.8, 4) is 0 Å². The second kappa shape index (κ2) is 14.9. The van der Waals surface area contributed by atoms with Crippen LogP contribution in [0.5, 0.6) is 0 Å². The van der Waals surface area contributed by atoms with Crippen molar-refractivity contribution in [3.63, 3.8) is 0 Å². The first-order valence-electron chi connectivity index (χ1n) is 18.0. The Morgan fingerprint density at radius 1 is 0.420 bits per heavy atom. The smallest absolute Gasteiger partial charge is 0.183 e. The van der Waals surface area contributed by atoms with Gasteiger partial charge in [0.05, 0.1) is 11.4 Å². The van der Waals surface area contributed by atoms with Gasteiger partial charge < -0.3 is 0 Å². The molecule has 2 unspecified atom stereocenters. The lowest BCUT2D eigenvalue weighted by Crippen LogP contribution is -2.54. The SMILES string of the molecule is Cc1ccc(N=C2N(c3ccc(C)cc3)P(=S)(N3CCCCC3)C(=Nc3ccc(C)cc3)N(c3ccc(C)cc3)P2(=S)N2CCCCC2)cc1. The van der Waals surface area contributed by atoms with E-state index in [2.05, 4.69) is 143 Å². The number of aliphatic imine (C=N–C) groups is 2. The van der Waals surface area contributed by atoms with Crippen LogP contribution in [0.2, 0.25) is 0 Å². The van der Waals surface area contributed by atoms with E-state index in [1.807, 2.05) is 0 Å². The average molecular weight is 739 g/mol. The highest BCUT2D eigenvalue weighted by Gasteiger charge is 2.57. The fourth-order valence-electron chi connectivity index (χ4n) is 7.08. The van der Waals surface area contributed by atoms with Gasteiger partial charge in [0.1, 0.15) is 0 Å². The van der Waals surface area contributed by atoms with Crippen LogP contribution in [0.25, 0.3) is 0 Å². The summed E-state index contributed by atoms with van der Waals surface area (Å²) in [5.74, 6) is 0. The Balaban J connectivity index is 1.62. The van der Waals surface area contributed by atoms with Gasteiger partial charge in [-0.3, -0.25) is 18.7 Å². The summed E-state index contributed by atoms with van der Waals surface area (Å²) >= 11 is 14.7. The minimum Gasteiger partial charge on any atom is -0.276 e. The van der Waals surface area contributed by atoms with Crippen molar-refractivity contribution in [2.45, 2.75) is 66.2 Å². The van der Waals surface area contributed by atoms with Gasteiger partial charge in [0.25, 0.3) is 0 Å². The predicted octanol–water partition coefficient (Wildman–Crippen LogP) is 11.2. The van der Waals surface area contributed by atoms with Gasteiger partial charge in [0, 0.05) is 37.6 Å². The van der Waals surface area contributed by atoms with Gasteiger partial charge in [-0.15, -0.1) is 0 Å². The highest BCUT2D eigenvalue weighted by atomic mass is 32.5. The van der Waals surface area contributed by atoms with Crippen molar-refractivity contribution in [3.05, 3.63) is 119 Å². The molecule has 4 aromatic carbocycles. The predicted molar refractivity (Wildman–Crippen MR) is 223 cm³/mol. The average Bonchev–Trinajstić information content (AvgIpc) is 3.14. The molecule has 0 aromatic heterocycles. The molecule has 6 nitrogen and oxygen atoms in total. The molecule has 4 aromatic rings. The molecule has 0 spiro atoms. The van der Waals surface area contributed by atoms with Crippen LogP contribution >= 0.6 is 12.7 Å². The van der Waals surface area contributed by atoms with Crippen LogP contribution in [-0.4, -0.2) is 46.7 Å². The normalized spacial score (nSPS) is 25.4. The van der Waals surface area contributed by atoms with Crippen LogP contribution < -0.4 is 9.34 Å². The molecule has 2 atom stereocenters. The number of anilines is 2. The number of rotatable bonds is 6. The van der Waals surface area contributed by atoms with E-state index < -0.39 is 12.7 Å². The van der Waals surface area contributed by atoms with E-state index in [-0.39, 0.29) is 0 Å². The zero-order valence-electron chi connectivity index (χ0n) is 29.7. The largest absolute Gasteiger partial charge is 0.276 e. The van der Waals surface area contributed by atoms with Crippen LogP contribution in [0.15, 0.2) is 107 Å². The summed E-state index contributed by atoms with van der Waals surface area (Å²) in [5, 5.41) is 0. The van der Waals surface area contributed by atoms with Crippen molar-refractivity contribution in [1.82, 2.24) is 9.34 Å². The van der Waals surface area contributed by atoms with Crippen LogP contribution in [0.1, 0.15) is 60.8 Å². The van der Waals surface area contributed by atoms with Crippen molar-refractivity contribution < 1.29 is 0 Å². The van der Waals surface area contributed by atoms with E-state index in [0.29, 0.717) is 0 Å². The van der Waals surface area contributed by atoms with E-state index in [0.717, 1.165) is 85.8 Å². The molecule has 7 rings (SSSR count). The summed E-state index contributed by atoms with van der Waals surface area (Å²) in [4.78, 5) is 11.4. The van der Waals surface area contributed by atoms with Gasteiger partial charge in [-0.05, 0) is 126 Å². The second-order valence-electron chi connectivity index (χ2n) is 13.9. The maximum absolute atomic E-state index is 7.34. The van der Waals surface area contributed by atoms with Gasteiger partial charge in [-0.2, -0.15) is 0 Å².